The van der Waals surface area contributed by atoms with Crippen LogP contribution in [0.2, 0.25) is 0 Å². The van der Waals surface area contributed by atoms with Crippen LogP contribution in [-0.4, -0.2) is 24.8 Å². The molecule has 0 N–H and O–H groups in total. The van der Waals surface area contributed by atoms with Crippen LogP contribution in [0.3, 0.4) is 0 Å². The predicted molar refractivity (Wildman–Crippen MR) is 101 cm³/mol. The largest absolute Gasteiger partial charge is 0.425 e. The first kappa shape index (κ1) is 21.9. The van der Waals surface area contributed by atoms with Crippen LogP contribution in [0.1, 0.15) is 58.2 Å². The molecule has 0 aromatic heterocycles. The Kier molecular flexibility index (Phi) is 7.42. The summed E-state index contributed by atoms with van der Waals surface area (Å²) in [6.07, 6.45) is 0. The first-order valence-corrected chi connectivity index (χ1v) is 10.3. The predicted octanol–water partition coefficient (Wildman–Crippen LogP) is 5.16. The SMILES string of the molecule is CCOP(=O)(OCC)C(C)C(=O)Oc1c(C)cc(C)cc1C(C)(C)C. The molecule has 1 atom stereocenters. The number of rotatable bonds is 7. The van der Waals surface area contributed by atoms with Gasteiger partial charge in [0, 0.05) is 5.56 Å². The summed E-state index contributed by atoms with van der Waals surface area (Å²) in [4.78, 5) is 12.7. The van der Waals surface area contributed by atoms with Crippen LogP contribution in [-0.2, 0) is 23.8 Å². The van der Waals surface area contributed by atoms with Gasteiger partial charge in [-0.15, -0.1) is 0 Å². The molecular formula is C19H31O5P. The molecule has 1 rings (SSSR count). The molecular weight excluding hydrogens is 339 g/mol. The van der Waals surface area contributed by atoms with Crippen molar-refractivity contribution in [1.82, 2.24) is 0 Å². The van der Waals surface area contributed by atoms with Gasteiger partial charge in [0.1, 0.15) is 5.75 Å². The molecule has 0 bridgehead atoms. The lowest BCUT2D eigenvalue weighted by Crippen LogP contribution is -2.27. The Bertz CT molecular complexity index is 651. The quantitative estimate of drug-likeness (QED) is 0.377. The van der Waals surface area contributed by atoms with Gasteiger partial charge >= 0.3 is 13.6 Å². The zero-order valence-corrected chi connectivity index (χ0v) is 17.5. The number of benzene rings is 1. The normalized spacial score (nSPS) is 13.6. The van der Waals surface area contributed by atoms with Crippen molar-refractivity contribution in [2.24, 2.45) is 0 Å². The summed E-state index contributed by atoms with van der Waals surface area (Å²) in [6.45, 7) is 15.5. The van der Waals surface area contributed by atoms with Crippen LogP contribution in [0.4, 0.5) is 0 Å². The molecule has 0 amide bonds. The molecule has 1 unspecified atom stereocenters. The summed E-state index contributed by atoms with van der Waals surface area (Å²) in [5.74, 6) is -0.0859. The van der Waals surface area contributed by atoms with E-state index in [1.54, 1.807) is 13.8 Å². The minimum atomic E-state index is -3.56. The second-order valence-electron chi connectivity index (χ2n) is 7.18. The van der Waals surface area contributed by atoms with Gasteiger partial charge in [-0.25, -0.2) is 0 Å². The lowest BCUT2D eigenvalue weighted by atomic mass is 9.84. The van der Waals surface area contributed by atoms with Crippen LogP contribution in [0.25, 0.3) is 0 Å². The number of aryl methyl sites for hydroxylation is 2. The molecule has 0 aliphatic rings. The van der Waals surface area contributed by atoms with Gasteiger partial charge in [-0.05, 0) is 45.6 Å². The Hall–Kier alpha value is -1.16. The third-order valence-corrected chi connectivity index (χ3v) is 6.26. The second kappa shape index (κ2) is 8.48. The standard InChI is InChI=1S/C19H31O5P/c1-9-22-25(21,23-10-2)15(5)18(20)24-17-14(4)11-13(3)12-16(17)19(6,7)8/h11-12,15H,9-10H2,1-8H3. The fourth-order valence-electron chi connectivity index (χ4n) is 2.58. The molecule has 1 aromatic rings. The van der Waals surface area contributed by atoms with Crippen molar-refractivity contribution >= 4 is 13.6 Å². The van der Waals surface area contributed by atoms with Crippen LogP contribution in [0.15, 0.2) is 12.1 Å². The van der Waals surface area contributed by atoms with E-state index in [4.69, 9.17) is 13.8 Å². The Morgan fingerprint density at radius 3 is 2.08 bits per heavy atom. The van der Waals surface area contributed by atoms with Crippen molar-refractivity contribution in [3.05, 3.63) is 28.8 Å². The van der Waals surface area contributed by atoms with Gasteiger partial charge in [0.15, 0.2) is 5.66 Å². The Balaban J connectivity index is 3.21. The maximum atomic E-state index is 12.8. The van der Waals surface area contributed by atoms with E-state index in [1.807, 2.05) is 26.0 Å². The highest BCUT2D eigenvalue weighted by Crippen LogP contribution is 2.53. The topological polar surface area (TPSA) is 61.8 Å². The van der Waals surface area contributed by atoms with E-state index >= 15 is 0 Å². The van der Waals surface area contributed by atoms with Crippen molar-refractivity contribution < 1.29 is 23.1 Å². The minimum Gasteiger partial charge on any atom is -0.425 e. The monoisotopic (exact) mass is 370 g/mol. The smallest absolute Gasteiger partial charge is 0.344 e. The number of ether oxygens (including phenoxy) is 1. The molecule has 25 heavy (non-hydrogen) atoms. The molecule has 0 saturated carbocycles. The van der Waals surface area contributed by atoms with Gasteiger partial charge in [0.25, 0.3) is 0 Å². The lowest BCUT2D eigenvalue weighted by molar-refractivity contribution is -0.134. The van der Waals surface area contributed by atoms with Crippen molar-refractivity contribution in [2.75, 3.05) is 13.2 Å². The summed E-state index contributed by atoms with van der Waals surface area (Å²) in [6, 6.07) is 3.98. The average molecular weight is 370 g/mol. The zero-order chi connectivity index (χ0) is 19.4. The van der Waals surface area contributed by atoms with Gasteiger partial charge < -0.3 is 13.8 Å². The minimum absolute atomic E-state index is 0.195. The molecule has 0 aliphatic heterocycles. The molecule has 142 valence electrons. The molecule has 6 heteroatoms. The van der Waals surface area contributed by atoms with E-state index in [-0.39, 0.29) is 18.6 Å². The summed E-state index contributed by atoms with van der Waals surface area (Å²) < 4.78 is 29.0. The number of esters is 1. The van der Waals surface area contributed by atoms with Gasteiger partial charge in [0.2, 0.25) is 0 Å². The zero-order valence-electron chi connectivity index (χ0n) is 16.6. The maximum absolute atomic E-state index is 12.8. The summed E-state index contributed by atoms with van der Waals surface area (Å²) >= 11 is 0. The van der Waals surface area contributed by atoms with E-state index in [2.05, 4.69) is 20.8 Å². The molecule has 0 spiro atoms. The molecule has 0 aliphatic carbocycles. The Morgan fingerprint density at radius 1 is 1.12 bits per heavy atom. The van der Waals surface area contributed by atoms with Crippen LogP contribution >= 0.6 is 7.60 Å². The fourth-order valence-corrected chi connectivity index (χ4v) is 4.14. The van der Waals surface area contributed by atoms with Crippen LogP contribution in [0, 0.1) is 13.8 Å². The highest BCUT2D eigenvalue weighted by Gasteiger charge is 2.39. The highest BCUT2D eigenvalue weighted by atomic mass is 31.2. The first-order valence-electron chi connectivity index (χ1n) is 8.68. The van der Waals surface area contributed by atoms with Crippen molar-refractivity contribution in [1.29, 1.82) is 0 Å². The average Bonchev–Trinajstić information content (AvgIpc) is 2.48. The number of hydrogen-bond acceptors (Lipinski definition) is 5. The third kappa shape index (κ3) is 5.40. The van der Waals surface area contributed by atoms with E-state index < -0.39 is 19.2 Å². The molecule has 0 fully saturated rings. The van der Waals surface area contributed by atoms with Crippen molar-refractivity contribution in [2.45, 2.75) is 66.5 Å². The van der Waals surface area contributed by atoms with Gasteiger partial charge in [-0.1, -0.05) is 38.5 Å². The Morgan fingerprint density at radius 2 is 1.64 bits per heavy atom. The van der Waals surface area contributed by atoms with Gasteiger partial charge in [-0.2, -0.15) is 0 Å². The van der Waals surface area contributed by atoms with Crippen LogP contribution in [0.5, 0.6) is 5.75 Å². The van der Waals surface area contributed by atoms with Crippen LogP contribution < -0.4 is 4.74 Å². The number of carbonyl (C=O) groups is 1. The molecule has 1 aromatic carbocycles. The second-order valence-corrected chi connectivity index (χ2v) is 9.55. The first-order chi connectivity index (χ1) is 11.5. The molecule has 0 radical (unpaired) electrons. The summed E-state index contributed by atoms with van der Waals surface area (Å²) in [5.41, 5.74) is 1.71. The third-order valence-electron chi connectivity index (χ3n) is 3.86. The van der Waals surface area contributed by atoms with Crippen molar-refractivity contribution in [3.63, 3.8) is 0 Å². The van der Waals surface area contributed by atoms with E-state index in [1.165, 1.54) is 6.92 Å². The number of hydrogen-bond donors (Lipinski definition) is 0. The Labute approximate surface area is 151 Å². The van der Waals surface area contributed by atoms with Crippen molar-refractivity contribution in [3.8, 4) is 5.75 Å². The summed E-state index contributed by atoms with van der Waals surface area (Å²) in [5, 5.41) is 0. The summed E-state index contributed by atoms with van der Waals surface area (Å²) in [7, 11) is -3.56. The fraction of sp³-hybridized carbons (Fsp3) is 0.632. The van der Waals surface area contributed by atoms with Gasteiger partial charge in [0.05, 0.1) is 13.2 Å². The van der Waals surface area contributed by atoms with E-state index in [9.17, 15) is 9.36 Å². The highest BCUT2D eigenvalue weighted by molar-refractivity contribution is 7.55. The number of carbonyl (C=O) groups excluding carboxylic acids is 1. The lowest BCUT2D eigenvalue weighted by Gasteiger charge is -2.26. The molecule has 0 saturated heterocycles. The van der Waals surface area contributed by atoms with E-state index in [0.717, 1.165) is 16.7 Å². The molecule has 0 heterocycles. The van der Waals surface area contributed by atoms with Gasteiger partial charge in [-0.3, -0.25) is 9.36 Å². The molecule has 5 nitrogen and oxygen atoms in total. The maximum Gasteiger partial charge on any atom is 0.344 e. The van der Waals surface area contributed by atoms with E-state index in [0.29, 0.717) is 5.75 Å².